The third-order valence-corrected chi connectivity index (χ3v) is 3.87. The Morgan fingerprint density at radius 3 is 2.32 bits per heavy atom. The maximum Gasteiger partial charge on any atom is 0.419 e. The van der Waals surface area contributed by atoms with Gasteiger partial charge >= 0.3 is 6.18 Å². The standard InChI is InChI=1S/C12H5BrF4OS/c13-10-4-7(5-19-10)11(18)6-1-2-8(9(14)3-6)12(15,16)17/h1-5H. The van der Waals surface area contributed by atoms with Crippen LogP contribution in [0.1, 0.15) is 21.5 Å². The highest BCUT2D eigenvalue weighted by atomic mass is 79.9. The van der Waals surface area contributed by atoms with Crippen molar-refractivity contribution < 1.29 is 22.4 Å². The van der Waals surface area contributed by atoms with Crippen molar-refractivity contribution >= 4 is 33.0 Å². The molecule has 0 bridgehead atoms. The number of carbonyl (C=O) groups is 1. The number of alkyl halides is 3. The maximum absolute atomic E-state index is 13.3. The normalized spacial score (nSPS) is 11.6. The van der Waals surface area contributed by atoms with Gasteiger partial charge in [-0.25, -0.2) is 4.39 Å². The summed E-state index contributed by atoms with van der Waals surface area (Å²) < 4.78 is 51.2. The van der Waals surface area contributed by atoms with E-state index in [2.05, 4.69) is 15.9 Å². The minimum absolute atomic E-state index is 0.115. The molecule has 1 aromatic carbocycles. The molecule has 0 amide bonds. The molecule has 2 rings (SSSR count). The number of ketones is 1. The van der Waals surface area contributed by atoms with Gasteiger partial charge in [-0.2, -0.15) is 13.2 Å². The predicted octanol–water partition coefficient (Wildman–Crippen LogP) is 4.90. The molecule has 19 heavy (non-hydrogen) atoms. The van der Waals surface area contributed by atoms with Crippen molar-refractivity contribution in [3.63, 3.8) is 0 Å². The second-order valence-electron chi connectivity index (χ2n) is 3.66. The Morgan fingerprint density at radius 1 is 1.16 bits per heavy atom. The first-order chi connectivity index (χ1) is 8.79. The summed E-state index contributed by atoms with van der Waals surface area (Å²) in [6, 6.07) is 3.68. The molecular formula is C12H5BrF4OS. The number of rotatable bonds is 2. The highest BCUT2D eigenvalue weighted by Gasteiger charge is 2.34. The summed E-state index contributed by atoms with van der Waals surface area (Å²) >= 11 is 4.43. The van der Waals surface area contributed by atoms with E-state index in [9.17, 15) is 22.4 Å². The lowest BCUT2D eigenvalue weighted by Crippen LogP contribution is -2.09. The van der Waals surface area contributed by atoms with Crippen molar-refractivity contribution in [2.24, 2.45) is 0 Å². The van der Waals surface area contributed by atoms with Crippen LogP contribution in [-0.4, -0.2) is 5.78 Å². The van der Waals surface area contributed by atoms with Crippen molar-refractivity contribution in [1.82, 2.24) is 0 Å². The van der Waals surface area contributed by atoms with Crippen LogP contribution in [0.3, 0.4) is 0 Å². The Balaban J connectivity index is 2.38. The number of thiophene rings is 1. The SMILES string of the molecule is O=C(c1csc(Br)c1)c1ccc(C(F)(F)F)c(F)c1. The Bertz CT molecular complexity index is 633. The summed E-state index contributed by atoms with van der Waals surface area (Å²) in [4.78, 5) is 11.9. The van der Waals surface area contributed by atoms with Crippen molar-refractivity contribution in [3.05, 3.63) is 55.9 Å². The van der Waals surface area contributed by atoms with Crippen LogP contribution < -0.4 is 0 Å². The van der Waals surface area contributed by atoms with Gasteiger partial charge in [-0.15, -0.1) is 11.3 Å². The Kier molecular flexibility index (Phi) is 3.78. The summed E-state index contributed by atoms with van der Waals surface area (Å²) in [5.41, 5.74) is -1.19. The predicted molar refractivity (Wildman–Crippen MR) is 66.9 cm³/mol. The van der Waals surface area contributed by atoms with Gasteiger partial charge in [-0.1, -0.05) is 6.07 Å². The molecule has 0 aliphatic carbocycles. The van der Waals surface area contributed by atoms with Crippen molar-refractivity contribution in [2.75, 3.05) is 0 Å². The van der Waals surface area contributed by atoms with Crippen LogP contribution in [0.4, 0.5) is 17.6 Å². The summed E-state index contributed by atoms with van der Waals surface area (Å²) in [6.07, 6.45) is -4.77. The number of halogens is 5. The molecule has 0 unspecified atom stereocenters. The van der Waals surface area contributed by atoms with Crippen LogP contribution in [0.15, 0.2) is 33.4 Å². The number of hydrogen-bond acceptors (Lipinski definition) is 2. The lowest BCUT2D eigenvalue weighted by atomic mass is 10.0. The molecule has 2 aromatic rings. The van der Waals surface area contributed by atoms with Gasteiger partial charge in [0.1, 0.15) is 5.82 Å². The van der Waals surface area contributed by atoms with Gasteiger partial charge in [0.25, 0.3) is 0 Å². The zero-order valence-corrected chi connectivity index (χ0v) is 11.5. The largest absolute Gasteiger partial charge is 0.419 e. The zero-order valence-electron chi connectivity index (χ0n) is 9.09. The highest BCUT2D eigenvalue weighted by Crippen LogP contribution is 2.32. The van der Waals surface area contributed by atoms with E-state index >= 15 is 0 Å². The zero-order chi connectivity index (χ0) is 14.2. The van der Waals surface area contributed by atoms with Crippen molar-refractivity contribution in [3.8, 4) is 0 Å². The highest BCUT2D eigenvalue weighted by molar-refractivity contribution is 9.11. The van der Waals surface area contributed by atoms with E-state index in [-0.39, 0.29) is 5.56 Å². The molecule has 1 aromatic heterocycles. The fourth-order valence-corrected chi connectivity index (χ4v) is 2.62. The van der Waals surface area contributed by atoms with E-state index < -0.39 is 23.3 Å². The Labute approximate surface area is 118 Å². The first-order valence-electron chi connectivity index (χ1n) is 4.94. The van der Waals surface area contributed by atoms with E-state index in [1.165, 1.54) is 17.4 Å². The van der Waals surface area contributed by atoms with Crippen molar-refractivity contribution in [2.45, 2.75) is 6.18 Å². The van der Waals surface area contributed by atoms with E-state index in [4.69, 9.17) is 0 Å². The molecule has 0 N–H and O–H groups in total. The summed E-state index contributed by atoms with van der Waals surface area (Å²) in [5.74, 6) is -1.97. The Hall–Kier alpha value is -1.21. The molecule has 0 aliphatic rings. The van der Waals surface area contributed by atoms with Gasteiger partial charge in [0.15, 0.2) is 5.78 Å². The minimum atomic E-state index is -4.77. The Morgan fingerprint density at radius 2 is 1.84 bits per heavy atom. The average Bonchev–Trinajstić information content (AvgIpc) is 2.73. The van der Waals surface area contributed by atoms with E-state index in [1.807, 2.05) is 0 Å². The molecule has 100 valence electrons. The first-order valence-corrected chi connectivity index (χ1v) is 6.62. The quantitative estimate of drug-likeness (QED) is 0.555. The topological polar surface area (TPSA) is 17.1 Å². The summed E-state index contributed by atoms with van der Waals surface area (Å²) in [6.45, 7) is 0. The van der Waals surface area contributed by atoms with Gasteiger partial charge in [-0.05, 0) is 34.1 Å². The number of carbonyl (C=O) groups excluding carboxylic acids is 1. The van der Waals surface area contributed by atoms with Crippen LogP contribution in [0.25, 0.3) is 0 Å². The lowest BCUT2D eigenvalue weighted by Gasteiger charge is -2.08. The molecule has 0 fully saturated rings. The monoisotopic (exact) mass is 352 g/mol. The number of hydrogen-bond donors (Lipinski definition) is 0. The molecule has 0 saturated carbocycles. The van der Waals surface area contributed by atoms with Gasteiger partial charge in [0.2, 0.25) is 0 Å². The molecule has 1 nitrogen and oxygen atoms in total. The van der Waals surface area contributed by atoms with Gasteiger partial charge in [-0.3, -0.25) is 4.79 Å². The average molecular weight is 353 g/mol. The van der Waals surface area contributed by atoms with Gasteiger partial charge in [0.05, 0.1) is 9.35 Å². The summed E-state index contributed by atoms with van der Waals surface area (Å²) in [7, 11) is 0. The fourth-order valence-electron chi connectivity index (χ4n) is 1.48. The second-order valence-corrected chi connectivity index (χ2v) is 5.95. The van der Waals surface area contributed by atoms with Crippen LogP contribution in [-0.2, 0) is 6.18 Å². The molecule has 0 aliphatic heterocycles. The molecule has 0 atom stereocenters. The van der Waals surface area contributed by atoms with Crippen molar-refractivity contribution in [1.29, 1.82) is 0 Å². The third kappa shape index (κ3) is 3.03. The molecule has 0 saturated heterocycles. The van der Waals surface area contributed by atoms with Gasteiger partial charge in [0, 0.05) is 16.5 Å². The maximum atomic E-state index is 13.3. The summed E-state index contributed by atoms with van der Waals surface area (Å²) in [5, 5.41) is 1.54. The second kappa shape index (κ2) is 5.05. The number of benzene rings is 1. The molecule has 0 radical (unpaired) electrons. The fraction of sp³-hybridized carbons (Fsp3) is 0.0833. The molecule has 0 spiro atoms. The minimum Gasteiger partial charge on any atom is -0.289 e. The van der Waals surface area contributed by atoms with Crippen LogP contribution >= 0.6 is 27.3 Å². The third-order valence-electron chi connectivity index (χ3n) is 2.37. The smallest absolute Gasteiger partial charge is 0.289 e. The lowest BCUT2D eigenvalue weighted by molar-refractivity contribution is -0.140. The van der Waals surface area contributed by atoms with Crippen LogP contribution in [0.5, 0.6) is 0 Å². The van der Waals surface area contributed by atoms with Crippen LogP contribution in [0.2, 0.25) is 0 Å². The van der Waals surface area contributed by atoms with Gasteiger partial charge < -0.3 is 0 Å². The van der Waals surface area contributed by atoms with Crippen LogP contribution in [0, 0.1) is 5.82 Å². The molecular weight excluding hydrogens is 348 g/mol. The molecule has 1 heterocycles. The van der Waals surface area contributed by atoms with E-state index in [0.717, 1.165) is 6.07 Å². The van der Waals surface area contributed by atoms with E-state index in [0.29, 0.717) is 21.5 Å². The molecule has 7 heteroatoms. The van der Waals surface area contributed by atoms with E-state index in [1.54, 1.807) is 5.38 Å². The first kappa shape index (κ1) is 14.2.